The van der Waals surface area contributed by atoms with Crippen LogP contribution in [0, 0.1) is 0 Å². The number of phenolic OH excluding ortho intramolecular Hbond substituents is 1. The summed E-state index contributed by atoms with van der Waals surface area (Å²) in [6, 6.07) is 15.3. The van der Waals surface area contributed by atoms with Crippen molar-refractivity contribution in [3.63, 3.8) is 0 Å². The molecular weight excluding hydrogens is 416 g/mol. The smallest absolute Gasteiger partial charge is 0.253 e. The van der Waals surface area contributed by atoms with Crippen LogP contribution in [0.5, 0.6) is 5.75 Å². The van der Waals surface area contributed by atoms with Crippen LogP contribution in [-0.2, 0) is 11.3 Å². The molecule has 158 valence electrons. The predicted octanol–water partition coefficient (Wildman–Crippen LogP) is 3.89. The highest BCUT2D eigenvalue weighted by Crippen LogP contribution is 2.30. The molecule has 0 bridgehead atoms. The maximum Gasteiger partial charge on any atom is 0.253 e. The Morgan fingerprint density at radius 1 is 1.26 bits per heavy atom. The number of aromatic nitrogens is 1. The molecule has 2 heterocycles. The van der Waals surface area contributed by atoms with E-state index in [0.717, 1.165) is 5.56 Å². The predicted molar refractivity (Wildman–Crippen MR) is 119 cm³/mol. The number of aromatic hydroxyl groups is 1. The Labute approximate surface area is 184 Å². The average molecular weight is 437 g/mol. The summed E-state index contributed by atoms with van der Waals surface area (Å²) in [5.74, 6) is 0.182. The van der Waals surface area contributed by atoms with Crippen molar-refractivity contribution in [1.29, 1.82) is 0 Å². The molecule has 1 aliphatic heterocycles. The van der Waals surface area contributed by atoms with Gasteiger partial charge in [-0.2, -0.15) is 0 Å². The molecule has 0 aliphatic carbocycles. The van der Waals surface area contributed by atoms with E-state index in [0.29, 0.717) is 34.2 Å². The summed E-state index contributed by atoms with van der Waals surface area (Å²) >= 11 is 5.95. The number of carbonyl (C=O) groups excluding carboxylic acids is 2. The molecule has 2 aromatic carbocycles. The van der Waals surface area contributed by atoms with Gasteiger partial charge in [0.05, 0.1) is 30.4 Å². The number of benzene rings is 2. The lowest BCUT2D eigenvalue weighted by Crippen LogP contribution is -2.40. The van der Waals surface area contributed by atoms with Crippen molar-refractivity contribution >= 4 is 34.9 Å². The molecule has 3 aromatic rings. The SMILES string of the molecule is CC(NC(=O)c1cnc2c(c1)N(Cc1ccc(Cl)cc1)C(=O)CN2)c1ccccc1O. The number of fused-ring (bicyclic) bond motifs is 1. The second-order valence-electron chi connectivity index (χ2n) is 7.31. The highest BCUT2D eigenvalue weighted by Gasteiger charge is 2.26. The molecule has 1 atom stereocenters. The van der Waals surface area contributed by atoms with Crippen LogP contribution >= 0.6 is 11.6 Å². The number of phenols is 1. The molecule has 8 heteroatoms. The van der Waals surface area contributed by atoms with E-state index in [1.54, 1.807) is 54.3 Å². The molecule has 1 aliphatic rings. The molecular formula is C23H21ClN4O3. The van der Waals surface area contributed by atoms with E-state index in [-0.39, 0.29) is 24.1 Å². The maximum absolute atomic E-state index is 12.8. The number of carbonyl (C=O) groups is 2. The Hall–Kier alpha value is -3.58. The number of para-hydroxylation sites is 1. The molecule has 0 spiro atoms. The van der Waals surface area contributed by atoms with Gasteiger partial charge in [-0.15, -0.1) is 0 Å². The van der Waals surface area contributed by atoms with Gasteiger partial charge in [-0.05, 0) is 36.8 Å². The summed E-state index contributed by atoms with van der Waals surface area (Å²) in [6.07, 6.45) is 1.47. The van der Waals surface area contributed by atoms with Crippen molar-refractivity contribution in [2.45, 2.75) is 19.5 Å². The monoisotopic (exact) mass is 436 g/mol. The number of hydrogen-bond acceptors (Lipinski definition) is 5. The topological polar surface area (TPSA) is 94.6 Å². The van der Waals surface area contributed by atoms with Crippen molar-refractivity contribution in [3.8, 4) is 5.75 Å². The number of nitrogens with one attached hydrogen (secondary N) is 2. The summed E-state index contributed by atoms with van der Waals surface area (Å²) in [7, 11) is 0. The highest BCUT2D eigenvalue weighted by molar-refractivity contribution is 6.30. The van der Waals surface area contributed by atoms with Crippen molar-refractivity contribution in [2.75, 3.05) is 16.8 Å². The minimum absolute atomic E-state index is 0.114. The third-order valence-electron chi connectivity index (χ3n) is 5.13. The Morgan fingerprint density at radius 3 is 2.74 bits per heavy atom. The van der Waals surface area contributed by atoms with Gasteiger partial charge in [-0.1, -0.05) is 41.9 Å². The molecule has 3 N–H and O–H groups in total. The second kappa shape index (κ2) is 8.65. The largest absolute Gasteiger partial charge is 0.508 e. The van der Waals surface area contributed by atoms with Crippen LogP contribution in [0.15, 0.2) is 60.8 Å². The van der Waals surface area contributed by atoms with Gasteiger partial charge >= 0.3 is 0 Å². The first-order valence-electron chi connectivity index (χ1n) is 9.80. The van der Waals surface area contributed by atoms with Crippen LogP contribution in [0.25, 0.3) is 0 Å². The first kappa shape index (κ1) is 20.7. The number of halogens is 1. The van der Waals surface area contributed by atoms with E-state index in [1.165, 1.54) is 6.20 Å². The molecule has 31 heavy (non-hydrogen) atoms. The van der Waals surface area contributed by atoms with Crippen molar-refractivity contribution in [2.24, 2.45) is 0 Å². The minimum atomic E-state index is -0.408. The third-order valence-corrected chi connectivity index (χ3v) is 5.39. The molecule has 7 nitrogen and oxygen atoms in total. The van der Waals surface area contributed by atoms with Crippen LogP contribution in [0.2, 0.25) is 5.02 Å². The number of amides is 2. The van der Waals surface area contributed by atoms with Gasteiger partial charge in [0.25, 0.3) is 5.91 Å². The normalized spacial score (nSPS) is 13.9. The first-order valence-corrected chi connectivity index (χ1v) is 10.2. The van der Waals surface area contributed by atoms with Crippen LogP contribution < -0.4 is 15.5 Å². The fourth-order valence-corrected chi connectivity index (χ4v) is 3.59. The van der Waals surface area contributed by atoms with Crippen molar-refractivity contribution in [3.05, 3.63) is 82.5 Å². The second-order valence-corrected chi connectivity index (χ2v) is 7.74. The molecule has 2 amide bonds. The van der Waals surface area contributed by atoms with Gasteiger partial charge in [-0.25, -0.2) is 4.98 Å². The van der Waals surface area contributed by atoms with Gasteiger partial charge in [0, 0.05) is 16.8 Å². The lowest BCUT2D eigenvalue weighted by molar-refractivity contribution is -0.117. The fraction of sp³-hybridized carbons (Fsp3) is 0.174. The van der Waals surface area contributed by atoms with Crippen LogP contribution in [0.1, 0.15) is 34.5 Å². The molecule has 1 unspecified atom stereocenters. The number of hydrogen-bond donors (Lipinski definition) is 3. The number of anilines is 2. The summed E-state index contributed by atoms with van der Waals surface area (Å²) in [6.45, 7) is 2.26. The zero-order chi connectivity index (χ0) is 22.0. The molecule has 4 rings (SSSR count). The lowest BCUT2D eigenvalue weighted by atomic mass is 10.1. The lowest BCUT2D eigenvalue weighted by Gasteiger charge is -2.30. The van der Waals surface area contributed by atoms with E-state index in [9.17, 15) is 14.7 Å². The van der Waals surface area contributed by atoms with Gasteiger partial charge in [-0.3, -0.25) is 9.59 Å². The van der Waals surface area contributed by atoms with E-state index >= 15 is 0 Å². The quantitative estimate of drug-likeness (QED) is 0.564. The maximum atomic E-state index is 12.8. The summed E-state index contributed by atoms with van der Waals surface area (Å²) in [4.78, 5) is 31.4. The first-order chi connectivity index (χ1) is 14.9. The number of pyridine rings is 1. The summed E-state index contributed by atoms with van der Waals surface area (Å²) < 4.78 is 0. The van der Waals surface area contributed by atoms with Crippen LogP contribution in [0.4, 0.5) is 11.5 Å². The van der Waals surface area contributed by atoms with Crippen molar-refractivity contribution in [1.82, 2.24) is 10.3 Å². The van der Waals surface area contributed by atoms with Gasteiger partial charge < -0.3 is 20.6 Å². The Balaban J connectivity index is 1.58. The zero-order valence-electron chi connectivity index (χ0n) is 16.8. The summed E-state index contributed by atoms with van der Waals surface area (Å²) in [5.41, 5.74) is 2.38. The average Bonchev–Trinajstić information content (AvgIpc) is 2.77. The highest BCUT2D eigenvalue weighted by atomic mass is 35.5. The molecule has 0 fully saturated rings. The van der Waals surface area contributed by atoms with Crippen LogP contribution in [-0.4, -0.2) is 28.4 Å². The molecule has 0 radical (unpaired) electrons. The van der Waals surface area contributed by atoms with Gasteiger partial charge in [0.15, 0.2) is 5.82 Å². The summed E-state index contributed by atoms with van der Waals surface area (Å²) in [5, 5.41) is 16.5. The van der Waals surface area contributed by atoms with Crippen LogP contribution in [0.3, 0.4) is 0 Å². The molecule has 1 aromatic heterocycles. The van der Waals surface area contributed by atoms with E-state index in [1.807, 2.05) is 12.1 Å². The third kappa shape index (κ3) is 4.46. The van der Waals surface area contributed by atoms with E-state index in [4.69, 9.17) is 11.6 Å². The van der Waals surface area contributed by atoms with E-state index in [2.05, 4.69) is 15.6 Å². The van der Waals surface area contributed by atoms with E-state index < -0.39 is 6.04 Å². The molecule has 0 saturated heterocycles. The molecule has 0 saturated carbocycles. The Bertz CT molecular complexity index is 1130. The van der Waals surface area contributed by atoms with Gasteiger partial charge in [0.1, 0.15) is 5.75 Å². The number of nitrogens with zero attached hydrogens (tertiary/aromatic N) is 2. The van der Waals surface area contributed by atoms with Gasteiger partial charge in [0.2, 0.25) is 5.91 Å². The van der Waals surface area contributed by atoms with Crippen molar-refractivity contribution < 1.29 is 14.7 Å². The minimum Gasteiger partial charge on any atom is -0.508 e. The number of rotatable bonds is 5. The zero-order valence-corrected chi connectivity index (χ0v) is 17.6. The standard InChI is InChI=1S/C23H21ClN4O3/c1-14(18-4-2-3-5-20(18)29)27-23(31)16-10-19-22(25-11-16)26-12-21(30)28(19)13-15-6-8-17(24)9-7-15/h2-11,14,29H,12-13H2,1H3,(H,25,26)(H,27,31). The Morgan fingerprint density at radius 2 is 2.00 bits per heavy atom. The fourth-order valence-electron chi connectivity index (χ4n) is 3.47. The Kier molecular flexibility index (Phi) is 5.77.